The van der Waals surface area contributed by atoms with Crippen LogP contribution in [-0.4, -0.2) is 26.2 Å². The van der Waals surface area contributed by atoms with Crippen molar-refractivity contribution in [1.82, 2.24) is 5.32 Å². The fourth-order valence-corrected chi connectivity index (χ4v) is 2.27. The van der Waals surface area contributed by atoms with Gasteiger partial charge in [-0.3, -0.25) is 0 Å². The van der Waals surface area contributed by atoms with Crippen molar-refractivity contribution in [3.63, 3.8) is 0 Å². The predicted molar refractivity (Wildman–Crippen MR) is 87.7 cm³/mol. The molecular formula is C17H30N2O. The van der Waals surface area contributed by atoms with Gasteiger partial charge >= 0.3 is 0 Å². The van der Waals surface area contributed by atoms with Gasteiger partial charge in [-0.15, -0.1) is 0 Å². The lowest BCUT2D eigenvalue weighted by molar-refractivity contribution is 0.340. The lowest BCUT2D eigenvalue weighted by atomic mass is 10.1. The molecule has 0 saturated heterocycles. The molecule has 1 N–H and O–H groups in total. The second-order valence-electron chi connectivity index (χ2n) is 5.43. The molecule has 1 aromatic carbocycles. The molecule has 0 saturated carbocycles. The Morgan fingerprint density at radius 2 is 1.85 bits per heavy atom. The quantitative estimate of drug-likeness (QED) is 0.746. The molecule has 1 rings (SSSR count). The Balaban J connectivity index is 2.83. The number of nitrogens with one attached hydrogen (secondary N) is 1. The number of hydrogen-bond donors (Lipinski definition) is 1. The maximum atomic E-state index is 5.82. The predicted octanol–water partition coefficient (Wildman–Crippen LogP) is 3.68. The first kappa shape index (κ1) is 16.8. The van der Waals surface area contributed by atoms with Crippen molar-refractivity contribution in [2.24, 2.45) is 5.92 Å². The smallest absolute Gasteiger partial charge is 0.142 e. The highest BCUT2D eigenvalue weighted by molar-refractivity contribution is 5.59. The van der Waals surface area contributed by atoms with Gasteiger partial charge in [0.15, 0.2) is 0 Å². The third kappa shape index (κ3) is 5.04. The Labute approximate surface area is 124 Å². The number of ether oxygens (including phenoxy) is 1. The maximum Gasteiger partial charge on any atom is 0.142 e. The molecule has 0 heterocycles. The summed E-state index contributed by atoms with van der Waals surface area (Å²) in [7, 11) is 0. The summed E-state index contributed by atoms with van der Waals surface area (Å²) in [5.41, 5.74) is 2.48. The van der Waals surface area contributed by atoms with Crippen LogP contribution in [0.4, 0.5) is 5.69 Å². The highest BCUT2D eigenvalue weighted by Crippen LogP contribution is 2.29. The van der Waals surface area contributed by atoms with Gasteiger partial charge in [0.25, 0.3) is 0 Å². The zero-order chi connectivity index (χ0) is 15.0. The van der Waals surface area contributed by atoms with Crippen molar-refractivity contribution in [3.05, 3.63) is 23.8 Å². The second kappa shape index (κ2) is 8.85. The van der Waals surface area contributed by atoms with Gasteiger partial charge in [-0.25, -0.2) is 0 Å². The first-order chi connectivity index (χ1) is 9.62. The van der Waals surface area contributed by atoms with Crippen LogP contribution in [0.5, 0.6) is 5.75 Å². The normalized spacial score (nSPS) is 10.9. The Kier molecular flexibility index (Phi) is 7.45. The number of benzene rings is 1. The van der Waals surface area contributed by atoms with E-state index in [0.717, 1.165) is 31.9 Å². The molecule has 0 aliphatic rings. The molecule has 0 bridgehead atoms. The SMILES string of the molecule is CCOc1cc(CNCC(C)C)ccc1N(CC)CC. The molecule has 0 amide bonds. The fourth-order valence-electron chi connectivity index (χ4n) is 2.27. The molecule has 0 fully saturated rings. The lowest BCUT2D eigenvalue weighted by Gasteiger charge is -2.24. The summed E-state index contributed by atoms with van der Waals surface area (Å²) in [4.78, 5) is 2.33. The van der Waals surface area contributed by atoms with E-state index < -0.39 is 0 Å². The molecule has 0 radical (unpaired) electrons. The van der Waals surface area contributed by atoms with Gasteiger partial charge in [-0.1, -0.05) is 19.9 Å². The van der Waals surface area contributed by atoms with Crippen LogP contribution in [0.25, 0.3) is 0 Å². The summed E-state index contributed by atoms with van der Waals surface area (Å²) in [5, 5.41) is 3.48. The van der Waals surface area contributed by atoms with Gasteiger partial charge in [0.1, 0.15) is 5.75 Å². The zero-order valence-corrected chi connectivity index (χ0v) is 13.7. The largest absolute Gasteiger partial charge is 0.492 e. The summed E-state index contributed by atoms with van der Waals surface area (Å²) >= 11 is 0. The van der Waals surface area contributed by atoms with Crippen molar-refractivity contribution < 1.29 is 4.74 Å². The van der Waals surface area contributed by atoms with Crippen LogP contribution < -0.4 is 15.0 Å². The van der Waals surface area contributed by atoms with Crippen LogP contribution in [-0.2, 0) is 6.54 Å². The summed E-state index contributed by atoms with van der Waals surface area (Å²) < 4.78 is 5.82. The second-order valence-corrected chi connectivity index (χ2v) is 5.43. The van der Waals surface area contributed by atoms with E-state index in [0.29, 0.717) is 12.5 Å². The van der Waals surface area contributed by atoms with E-state index in [1.165, 1.54) is 11.3 Å². The van der Waals surface area contributed by atoms with Crippen LogP contribution in [0, 0.1) is 5.92 Å². The third-order valence-corrected chi connectivity index (χ3v) is 3.31. The minimum atomic E-state index is 0.677. The minimum Gasteiger partial charge on any atom is -0.492 e. The van der Waals surface area contributed by atoms with Crippen LogP contribution in [0.2, 0.25) is 0 Å². The van der Waals surface area contributed by atoms with Crippen LogP contribution in [0.15, 0.2) is 18.2 Å². The van der Waals surface area contributed by atoms with E-state index in [9.17, 15) is 0 Å². The van der Waals surface area contributed by atoms with Crippen LogP contribution >= 0.6 is 0 Å². The van der Waals surface area contributed by atoms with Gasteiger partial charge < -0.3 is 15.0 Å². The molecule has 0 atom stereocenters. The van der Waals surface area contributed by atoms with Gasteiger partial charge in [0.05, 0.1) is 12.3 Å². The first-order valence-electron chi connectivity index (χ1n) is 7.83. The number of hydrogen-bond acceptors (Lipinski definition) is 3. The fraction of sp³-hybridized carbons (Fsp3) is 0.647. The van der Waals surface area contributed by atoms with Crippen molar-refractivity contribution in [2.75, 3.05) is 31.1 Å². The minimum absolute atomic E-state index is 0.677. The maximum absolute atomic E-state index is 5.82. The van der Waals surface area contributed by atoms with Crippen molar-refractivity contribution in [1.29, 1.82) is 0 Å². The van der Waals surface area contributed by atoms with E-state index in [1.807, 2.05) is 6.92 Å². The average molecular weight is 278 g/mol. The molecule has 3 nitrogen and oxygen atoms in total. The van der Waals surface area contributed by atoms with E-state index in [1.54, 1.807) is 0 Å². The van der Waals surface area contributed by atoms with Gasteiger partial charge in [-0.05, 0) is 50.9 Å². The van der Waals surface area contributed by atoms with E-state index in [4.69, 9.17) is 4.74 Å². The van der Waals surface area contributed by atoms with Gasteiger partial charge in [0, 0.05) is 19.6 Å². The molecular weight excluding hydrogens is 248 g/mol. The highest BCUT2D eigenvalue weighted by Gasteiger charge is 2.10. The van der Waals surface area contributed by atoms with E-state index >= 15 is 0 Å². The number of rotatable bonds is 9. The standard InChI is InChI=1S/C17H30N2O/c1-6-19(7-2)16-10-9-15(11-17(16)20-8-3)13-18-12-14(4)5/h9-11,14,18H,6-8,12-13H2,1-5H3. The highest BCUT2D eigenvalue weighted by atomic mass is 16.5. The van der Waals surface area contributed by atoms with Crippen molar-refractivity contribution >= 4 is 5.69 Å². The van der Waals surface area contributed by atoms with E-state index in [-0.39, 0.29) is 0 Å². The molecule has 0 aliphatic carbocycles. The topological polar surface area (TPSA) is 24.5 Å². The zero-order valence-electron chi connectivity index (χ0n) is 13.7. The molecule has 0 unspecified atom stereocenters. The Hall–Kier alpha value is -1.22. The summed E-state index contributed by atoms with van der Waals surface area (Å²) in [6.07, 6.45) is 0. The van der Waals surface area contributed by atoms with Crippen molar-refractivity contribution in [3.8, 4) is 5.75 Å². The summed E-state index contributed by atoms with van der Waals surface area (Å²) in [6, 6.07) is 6.55. The van der Waals surface area contributed by atoms with Crippen LogP contribution in [0.3, 0.4) is 0 Å². The van der Waals surface area contributed by atoms with E-state index in [2.05, 4.69) is 56.1 Å². The molecule has 20 heavy (non-hydrogen) atoms. The Morgan fingerprint density at radius 1 is 1.15 bits per heavy atom. The third-order valence-electron chi connectivity index (χ3n) is 3.31. The first-order valence-corrected chi connectivity index (χ1v) is 7.83. The molecule has 0 aliphatic heterocycles. The molecule has 114 valence electrons. The average Bonchev–Trinajstić information content (AvgIpc) is 2.42. The summed E-state index contributed by atoms with van der Waals surface area (Å²) in [6.45, 7) is 15.5. The number of anilines is 1. The van der Waals surface area contributed by atoms with Gasteiger partial charge in [-0.2, -0.15) is 0 Å². The Morgan fingerprint density at radius 3 is 2.40 bits per heavy atom. The molecule has 0 aromatic heterocycles. The molecule has 3 heteroatoms. The summed E-state index contributed by atoms with van der Waals surface area (Å²) in [5.74, 6) is 1.68. The van der Waals surface area contributed by atoms with Gasteiger partial charge in [0.2, 0.25) is 0 Å². The van der Waals surface area contributed by atoms with Crippen LogP contribution in [0.1, 0.15) is 40.2 Å². The molecule has 1 aromatic rings. The Bertz CT molecular complexity index is 387. The lowest BCUT2D eigenvalue weighted by Crippen LogP contribution is -2.23. The molecule has 0 spiro atoms. The number of nitrogens with zero attached hydrogens (tertiary/aromatic N) is 1. The van der Waals surface area contributed by atoms with Crippen molar-refractivity contribution in [2.45, 2.75) is 41.2 Å². The monoisotopic (exact) mass is 278 g/mol.